The molecule has 0 saturated heterocycles. The molecule has 2 aromatic heterocycles. The van der Waals surface area contributed by atoms with Gasteiger partial charge in [-0.25, -0.2) is 15.0 Å². The third-order valence-corrected chi connectivity index (χ3v) is 3.03. The average Bonchev–Trinajstić information content (AvgIpc) is 2.41. The molecule has 0 aliphatic rings. The molecule has 0 bridgehead atoms. The van der Waals surface area contributed by atoms with Crippen molar-refractivity contribution in [2.75, 3.05) is 5.43 Å². The summed E-state index contributed by atoms with van der Waals surface area (Å²) >= 11 is 17.2. The monoisotopic (exact) mass is 369 g/mol. The number of aromatic nitrogens is 3. The fourth-order valence-corrected chi connectivity index (χ4v) is 2.03. The summed E-state index contributed by atoms with van der Waals surface area (Å²) in [6, 6.07) is 2.00. The molecule has 1 N–H and O–H groups in total. The van der Waals surface area contributed by atoms with E-state index in [1.807, 2.05) is 0 Å². The van der Waals surface area contributed by atoms with Gasteiger partial charge in [-0.15, -0.1) is 0 Å². The summed E-state index contributed by atoms with van der Waals surface area (Å²) in [7, 11) is 0. The molecule has 0 amide bonds. The van der Waals surface area contributed by atoms with Crippen molar-refractivity contribution >= 4 is 46.8 Å². The summed E-state index contributed by atoms with van der Waals surface area (Å²) in [6.07, 6.45) is -2.57. The lowest BCUT2D eigenvalue weighted by Gasteiger charge is -2.06. The Labute approximate surface area is 137 Å². The molecule has 0 aromatic carbocycles. The summed E-state index contributed by atoms with van der Waals surface area (Å²) < 4.78 is 37.1. The van der Waals surface area contributed by atoms with Crippen molar-refractivity contribution in [2.45, 2.75) is 6.18 Å². The number of alkyl halides is 3. The molecule has 2 heterocycles. The Balaban J connectivity index is 2.10. The van der Waals surface area contributed by atoms with Crippen molar-refractivity contribution in [3.63, 3.8) is 0 Å². The topological polar surface area (TPSA) is 63.1 Å². The van der Waals surface area contributed by atoms with Crippen molar-refractivity contribution < 1.29 is 13.2 Å². The minimum atomic E-state index is -4.45. The van der Waals surface area contributed by atoms with Crippen LogP contribution in [0.1, 0.15) is 11.1 Å². The first-order valence-corrected chi connectivity index (χ1v) is 6.61. The SMILES string of the molecule is FC(F)(F)c1ccc(N/N=C\c2c(Cl)nc(Cl)nc2Cl)nc1. The second kappa shape index (κ2) is 6.64. The van der Waals surface area contributed by atoms with Gasteiger partial charge in [0.15, 0.2) is 0 Å². The van der Waals surface area contributed by atoms with Crippen molar-refractivity contribution in [2.24, 2.45) is 5.10 Å². The number of rotatable bonds is 3. The highest BCUT2D eigenvalue weighted by atomic mass is 35.5. The van der Waals surface area contributed by atoms with E-state index in [-0.39, 0.29) is 27.0 Å². The molecule has 5 nitrogen and oxygen atoms in total. The zero-order valence-corrected chi connectivity index (χ0v) is 12.6. The zero-order valence-electron chi connectivity index (χ0n) is 10.4. The van der Waals surface area contributed by atoms with Crippen LogP contribution >= 0.6 is 34.8 Å². The van der Waals surface area contributed by atoms with Gasteiger partial charge in [0, 0.05) is 6.20 Å². The van der Waals surface area contributed by atoms with Gasteiger partial charge in [0.1, 0.15) is 16.1 Å². The Hall–Kier alpha value is -1.64. The van der Waals surface area contributed by atoms with Gasteiger partial charge in [0.2, 0.25) is 5.28 Å². The number of pyridine rings is 1. The molecule has 11 heteroatoms. The third-order valence-electron chi connectivity index (χ3n) is 2.29. The van der Waals surface area contributed by atoms with Crippen molar-refractivity contribution in [1.82, 2.24) is 15.0 Å². The lowest BCUT2D eigenvalue weighted by atomic mass is 10.3. The number of hydrogen-bond donors (Lipinski definition) is 1. The standard InChI is InChI=1S/C11H5Cl3F3N5/c12-8-6(9(13)21-10(14)20-8)4-19-22-7-2-1-5(3-18-7)11(15,16)17/h1-4H,(H,18,22)/b19-4-. The molecule has 0 saturated carbocycles. The maximum Gasteiger partial charge on any atom is 0.417 e. The molecule has 22 heavy (non-hydrogen) atoms. The first-order valence-electron chi connectivity index (χ1n) is 5.48. The molecule has 0 fully saturated rings. The molecule has 2 rings (SSSR count). The van der Waals surface area contributed by atoms with E-state index in [2.05, 4.69) is 25.5 Å². The van der Waals surface area contributed by atoms with Crippen molar-refractivity contribution in [3.05, 3.63) is 45.0 Å². The number of hydrazone groups is 1. The van der Waals surface area contributed by atoms with Gasteiger partial charge in [-0.2, -0.15) is 18.3 Å². The van der Waals surface area contributed by atoms with E-state index in [1.54, 1.807) is 0 Å². The summed E-state index contributed by atoms with van der Waals surface area (Å²) in [5.74, 6) is 0.103. The van der Waals surface area contributed by atoms with Gasteiger partial charge in [0.25, 0.3) is 0 Å². The summed E-state index contributed by atoms with van der Waals surface area (Å²) in [5.41, 5.74) is 1.77. The van der Waals surface area contributed by atoms with Crippen LogP contribution in [0.25, 0.3) is 0 Å². The zero-order chi connectivity index (χ0) is 16.3. The molecular formula is C11H5Cl3F3N5. The van der Waals surface area contributed by atoms with E-state index in [0.29, 0.717) is 6.20 Å². The van der Waals surface area contributed by atoms with Crippen molar-refractivity contribution in [3.8, 4) is 0 Å². The van der Waals surface area contributed by atoms with E-state index < -0.39 is 11.7 Å². The lowest BCUT2D eigenvalue weighted by molar-refractivity contribution is -0.137. The maximum atomic E-state index is 12.4. The highest BCUT2D eigenvalue weighted by Gasteiger charge is 2.30. The third kappa shape index (κ3) is 4.19. The minimum absolute atomic E-state index is 0.0177. The van der Waals surface area contributed by atoms with Gasteiger partial charge >= 0.3 is 6.18 Å². The lowest BCUT2D eigenvalue weighted by Crippen LogP contribution is -2.05. The van der Waals surface area contributed by atoms with Crippen LogP contribution in [0.2, 0.25) is 15.6 Å². The first-order chi connectivity index (χ1) is 10.3. The number of hydrogen-bond acceptors (Lipinski definition) is 5. The number of anilines is 1. The molecule has 116 valence electrons. The summed E-state index contributed by atoms with van der Waals surface area (Å²) in [4.78, 5) is 10.9. The van der Waals surface area contributed by atoms with Gasteiger partial charge in [-0.3, -0.25) is 5.43 Å². The average molecular weight is 371 g/mol. The Morgan fingerprint density at radius 1 is 1.09 bits per heavy atom. The second-order valence-electron chi connectivity index (χ2n) is 3.79. The number of nitrogens with one attached hydrogen (secondary N) is 1. The summed E-state index contributed by atoms with van der Waals surface area (Å²) in [6.45, 7) is 0. The molecule has 0 unspecified atom stereocenters. The van der Waals surface area contributed by atoms with Gasteiger partial charge < -0.3 is 0 Å². The van der Waals surface area contributed by atoms with Gasteiger partial charge in [0.05, 0.1) is 17.3 Å². The minimum Gasteiger partial charge on any atom is -0.261 e. The number of halogens is 6. The highest BCUT2D eigenvalue weighted by Crippen LogP contribution is 2.28. The highest BCUT2D eigenvalue weighted by molar-refractivity contribution is 6.38. The predicted octanol–water partition coefficient (Wildman–Crippen LogP) is 4.30. The largest absolute Gasteiger partial charge is 0.417 e. The fraction of sp³-hybridized carbons (Fsp3) is 0.0909. The number of nitrogens with zero attached hydrogens (tertiary/aromatic N) is 4. The van der Waals surface area contributed by atoms with Crippen LogP contribution in [0.5, 0.6) is 0 Å². The Kier molecular flexibility index (Phi) is 5.05. The molecule has 2 aromatic rings. The van der Waals surface area contributed by atoms with Crippen LogP contribution in [0.4, 0.5) is 19.0 Å². The molecule has 0 spiro atoms. The predicted molar refractivity (Wildman–Crippen MR) is 77.5 cm³/mol. The molecule has 0 radical (unpaired) electrons. The van der Waals surface area contributed by atoms with E-state index in [9.17, 15) is 13.2 Å². The normalized spacial score (nSPS) is 11.9. The molecule has 0 aliphatic heterocycles. The molecular weight excluding hydrogens is 366 g/mol. The Bertz CT molecular complexity index is 680. The molecule has 0 atom stereocenters. The van der Waals surface area contributed by atoms with Crippen LogP contribution in [0.15, 0.2) is 23.4 Å². The van der Waals surface area contributed by atoms with Gasteiger partial charge in [-0.05, 0) is 23.7 Å². The molecule has 0 aliphatic carbocycles. The van der Waals surface area contributed by atoms with Crippen LogP contribution in [-0.2, 0) is 6.18 Å². The first kappa shape index (κ1) is 16.7. The summed E-state index contributed by atoms with van der Waals surface area (Å²) in [5, 5.41) is 3.59. The van der Waals surface area contributed by atoms with E-state index in [1.165, 1.54) is 6.21 Å². The van der Waals surface area contributed by atoms with E-state index in [4.69, 9.17) is 34.8 Å². The van der Waals surface area contributed by atoms with Crippen molar-refractivity contribution in [1.29, 1.82) is 0 Å². The quantitative estimate of drug-likeness (QED) is 0.379. The Morgan fingerprint density at radius 3 is 2.23 bits per heavy atom. The van der Waals surface area contributed by atoms with Crippen LogP contribution < -0.4 is 5.43 Å². The van der Waals surface area contributed by atoms with Crippen LogP contribution in [-0.4, -0.2) is 21.2 Å². The Morgan fingerprint density at radius 2 is 1.73 bits per heavy atom. The smallest absolute Gasteiger partial charge is 0.261 e. The van der Waals surface area contributed by atoms with E-state index >= 15 is 0 Å². The van der Waals surface area contributed by atoms with Gasteiger partial charge in [-0.1, -0.05) is 23.2 Å². The maximum absolute atomic E-state index is 12.4. The second-order valence-corrected chi connectivity index (χ2v) is 4.84. The van der Waals surface area contributed by atoms with E-state index in [0.717, 1.165) is 12.1 Å². The fourth-order valence-electron chi connectivity index (χ4n) is 1.29. The van der Waals surface area contributed by atoms with Crippen LogP contribution in [0, 0.1) is 0 Å². The van der Waals surface area contributed by atoms with Crippen LogP contribution in [0.3, 0.4) is 0 Å².